The Balaban J connectivity index is 1.96. The molecule has 1 aliphatic heterocycles. The monoisotopic (exact) mass is 545 g/mol. The van der Waals surface area contributed by atoms with Gasteiger partial charge in [-0.25, -0.2) is 13.8 Å². The van der Waals surface area contributed by atoms with E-state index in [2.05, 4.69) is 0 Å². The molecule has 0 bridgehead atoms. The standard InChI is InChI=1S/C23H35N3O10S/c1-15-10-11-16(20(24)27)25(4)22(29)26(15)36-37(30,31)35-14-23(2,3)12-13-34-21(28)19-17(32-5)8-7-9-18(19)33-6/h7-9,15-16H,10-14H2,1-6H3,(H2,24,27)/t15-,16-/m0/s1. The largest absolute Gasteiger partial charge is 0.496 e. The molecule has 0 saturated carbocycles. The number of likely N-dealkylation sites (N-methyl/N-ethyl adjacent to an activating group) is 1. The summed E-state index contributed by atoms with van der Waals surface area (Å²) in [4.78, 5) is 38.0. The third-order valence-corrected chi connectivity index (χ3v) is 6.70. The van der Waals surface area contributed by atoms with Crippen LogP contribution in [-0.2, 0) is 28.4 Å². The molecule has 0 aliphatic carbocycles. The first-order valence-corrected chi connectivity index (χ1v) is 12.9. The number of hydrogen-bond acceptors (Lipinski definition) is 10. The number of nitrogens with zero attached hydrogens (tertiary/aromatic N) is 2. The van der Waals surface area contributed by atoms with Crippen molar-refractivity contribution in [1.29, 1.82) is 0 Å². The highest BCUT2D eigenvalue weighted by Gasteiger charge is 2.38. The quantitative estimate of drug-likeness (QED) is 0.383. The average Bonchev–Trinajstić information content (AvgIpc) is 2.93. The van der Waals surface area contributed by atoms with Crippen molar-refractivity contribution in [3.8, 4) is 11.5 Å². The Labute approximate surface area is 217 Å². The van der Waals surface area contributed by atoms with Crippen LogP contribution in [0.1, 0.15) is 50.4 Å². The molecule has 1 heterocycles. The second-order valence-electron chi connectivity index (χ2n) is 9.40. The second kappa shape index (κ2) is 12.4. The van der Waals surface area contributed by atoms with Crippen molar-refractivity contribution in [3.63, 3.8) is 0 Å². The van der Waals surface area contributed by atoms with Crippen LogP contribution in [0.15, 0.2) is 18.2 Å². The SMILES string of the molecule is COc1cccc(OC)c1C(=O)OCCC(C)(C)COS(=O)(=O)ON1C(=O)N(C)[C@H](C(N)=O)CC[C@@H]1C. The average molecular weight is 546 g/mol. The highest BCUT2D eigenvalue weighted by Crippen LogP contribution is 2.30. The number of methoxy groups -OCH3 is 2. The fourth-order valence-corrected chi connectivity index (χ4v) is 4.51. The summed E-state index contributed by atoms with van der Waals surface area (Å²) < 4.78 is 50.8. The molecule has 14 heteroatoms. The highest BCUT2D eigenvalue weighted by atomic mass is 32.3. The summed E-state index contributed by atoms with van der Waals surface area (Å²) in [5.74, 6) is -0.773. The van der Waals surface area contributed by atoms with Crippen LogP contribution in [0.3, 0.4) is 0 Å². The lowest BCUT2D eigenvalue weighted by atomic mass is 9.91. The van der Waals surface area contributed by atoms with Crippen molar-refractivity contribution in [2.75, 3.05) is 34.5 Å². The Morgan fingerprint density at radius 1 is 1.14 bits per heavy atom. The van der Waals surface area contributed by atoms with E-state index in [4.69, 9.17) is 28.4 Å². The summed E-state index contributed by atoms with van der Waals surface area (Å²) in [6.45, 7) is 4.65. The van der Waals surface area contributed by atoms with Crippen molar-refractivity contribution in [3.05, 3.63) is 23.8 Å². The smallest absolute Gasteiger partial charge is 0.421 e. The Morgan fingerprint density at radius 2 is 1.73 bits per heavy atom. The van der Waals surface area contributed by atoms with Gasteiger partial charge in [-0.3, -0.25) is 4.79 Å². The maximum Gasteiger partial charge on any atom is 0.421 e. The van der Waals surface area contributed by atoms with Crippen molar-refractivity contribution >= 4 is 28.3 Å². The fourth-order valence-electron chi connectivity index (χ4n) is 3.59. The van der Waals surface area contributed by atoms with E-state index in [0.717, 1.165) is 4.90 Å². The Kier molecular flexibility index (Phi) is 10.1. The normalized spacial score (nSPS) is 18.8. The summed E-state index contributed by atoms with van der Waals surface area (Å²) in [5.41, 5.74) is 4.72. The second-order valence-corrected chi connectivity index (χ2v) is 10.6. The lowest BCUT2D eigenvalue weighted by molar-refractivity contribution is -0.122. The number of esters is 1. The first-order valence-electron chi connectivity index (χ1n) is 11.6. The van der Waals surface area contributed by atoms with E-state index in [9.17, 15) is 22.8 Å². The first-order chi connectivity index (χ1) is 17.2. The van der Waals surface area contributed by atoms with Gasteiger partial charge in [-0.2, -0.15) is 13.5 Å². The molecule has 1 fully saturated rings. The zero-order valence-electron chi connectivity index (χ0n) is 21.9. The highest BCUT2D eigenvalue weighted by molar-refractivity contribution is 7.81. The van der Waals surface area contributed by atoms with Crippen LogP contribution in [-0.4, -0.2) is 82.9 Å². The van der Waals surface area contributed by atoms with E-state index in [-0.39, 0.29) is 38.0 Å². The number of urea groups is 1. The number of primary amides is 1. The van der Waals surface area contributed by atoms with Crippen LogP contribution in [0.5, 0.6) is 11.5 Å². The summed E-state index contributed by atoms with van der Waals surface area (Å²) >= 11 is 0. The van der Waals surface area contributed by atoms with Crippen LogP contribution in [0.2, 0.25) is 0 Å². The summed E-state index contributed by atoms with van der Waals surface area (Å²) in [7, 11) is -0.462. The summed E-state index contributed by atoms with van der Waals surface area (Å²) in [6.07, 6.45) is 0.785. The molecule has 2 N–H and O–H groups in total. The number of ether oxygens (including phenoxy) is 3. The topological polar surface area (TPSA) is 164 Å². The summed E-state index contributed by atoms with van der Waals surface area (Å²) in [6, 6.07) is 2.50. The molecule has 208 valence electrons. The first kappa shape index (κ1) is 30.1. The van der Waals surface area contributed by atoms with Gasteiger partial charge in [0, 0.05) is 7.05 Å². The fraction of sp³-hybridized carbons (Fsp3) is 0.609. The number of benzene rings is 1. The number of carbonyl (C=O) groups excluding carboxylic acids is 3. The molecule has 1 saturated heterocycles. The zero-order valence-corrected chi connectivity index (χ0v) is 22.7. The van der Waals surface area contributed by atoms with E-state index in [0.29, 0.717) is 16.6 Å². The third-order valence-electron chi connectivity index (χ3n) is 5.95. The van der Waals surface area contributed by atoms with Crippen LogP contribution in [0, 0.1) is 5.41 Å². The molecule has 1 aromatic rings. The Hall–Kier alpha value is -3.10. The molecule has 2 rings (SSSR count). The van der Waals surface area contributed by atoms with Gasteiger partial charge in [-0.1, -0.05) is 19.9 Å². The lowest BCUT2D eigenvalue weighted by Gasteiger charge is -2.29. The number of hydroxylamine groups is 2. The molecule has 0 spiro atoms. The summed E-state index contributed by atoms with van der Waals surface area (Å²) in [5, 5.41) is 0.660. The van der Waals surface area contributed by atoms with E-state index in [1.54, 1.807) is 39.0 Å². The van der Waals surface area contributed by atoms with Crippen LogP contribution in [0.4, 0.5) is 4.79 Å². The van der Waals surface area contributed by atoms with Crippen LogP contribution >= 0.6 is 0 Å². The molecular formula is C23H35N3O10S. The minimum Gasteiger partial charge on any atom is -0.496 e. The predicted octanol–water partition coefficient (Wildman–Crippen LogP) is 1.86. The minimum atomic E-state index is -4.64. The van der Waals surface area contributed by atoms with Crippen molar-refractivity contribution in [2.45, 2.75) is 52.1 Å². The van der Waals surface area contributed by atoms with Gasteiger partial charge in [0.15, 0.2) is 0 Å². The number of rotatable bonds is 12. The van der Waals surface area contributed by atoms with Gasteiger partial charge in [0.1, 0.15) is 23.1 Å². The molecule has 13 nitrogen and oxygen atoms in total. The van der Waals surface area contributed by atoms with Crippen LogP contribution < -0.4 is 15.2 Å². The molecule has 37 heavy (non-hydrogen) atoms. The lowest BCUT2D eigenvalue weighted by Crippen LogP contribution is -2.50. The van der Waals surface area contributed by atoms with Crippen molar-refractivity contribution in [2.24, 2.45) is 11.1 Å². The van der Waals surface area contributed by atoms with E-state index < -0.39 is 45.8 Å². The molecule has 0 unspecified atom stereocenters. The molecule has 1 aliphatic rings. The van der Waals surface area contributed by atoms with Gasteiger partial charge in [0.05, 0.1) is 33.5 Å². The van der Waals surface area contributed by atoms with E-state index in [1.165, 1.54) is 21.3 Å². The van der Waals surface area contributed by atoms with Gasteiger partial charge < -0.3 is 24.8 Å². The van der Waals surface area contributed by atoms with Gasteiger partial charge in [0.2, 0.25) is 5.91 Å². The van der Waals surface area contributed by atoms with E-state index in [1.807, 2.05) is 0 Å². The molecule has 1 aromatic carbocycles. The molecule has 3 amide bonds. The van der Waals surface area contributed by atoms with E-state index >= 15 is 0 Å². The number of nitrogens with two attached hydrogens (primary N) is 1. The Morgan fingerprint density at radius 3 is 2.27 bits per heavy atom. The molecule has 2 atom stereocenters. The van der Waals surface area contributed by atoms with Gasteiger partial charge in [-0.05, 0) is 43.7 Å². The molecular weight excluding hydrogens is 510 g/mol. The molecule has 0 radical (unpaired) electrons. The van der Waals surface area contributed by atoms with Crippen molar-refractivity contribution in [1.82, 2.24) is 9.96 Å². The van der Waals surface area contributed by atoms with Gasteiger partial charge >= 0.3 is 22.4 Å². The third kappa shape index (κ3) is 7.94. The minimum absolute atomic E-state index is 0.0434. The number of hydrogen-bond donors (Lipinski definition) is 1. The molecule has 0 aromatic heterocycles. The van der Waals surface area contributed by atoms with Crippen molar-refractivity contribution < 1.29 is 45.5 Å². The maximum atomic E-state index is 12.7. The zero-order chi connectivity index (χ0) is 28.0. The predicted molar refractivity (Wildman–Crippen MR) is 131 cm³/mol. The van der Waals surface area contributed by atoms with Gasteiger partial charge in [0.25, 0.3) is 0 Å². The number of amides is 3. The van der Waals surface area contributed by atoms with Gasteiger partial charge in [-0.15, -0.1) is 4.28 Å². The Bertz CT molecular complexity index is 1070. The maximum absolute atomic E-state index is 12.7. The van der Waals surface area contributed by atoms with Crippen LogP contribution in [0.25, 0.3) is 0 Å². The number of carbonyl (C=O) groups is 3.